The van der Waals surface area contributed by atoms with Gasteiger partial charge in [-0.25, -0.2) is 0 Å². The molecule has 4 nitrogen and oxygen atoms in total. The number of hydrogen-bond donors (Lipinski definition) is 2. The van der Waals surface area contributed by atoms with Crippen LogP contribution in [-0.2, 0) is 16.1 Å². The van der Waals surface area contributed by atoms with Gasteiger partial charge in [-0.05, 0) is 18.4 Å². The Morgan fingerprint density at radius 1 is 0.643 bits per heavy atom. The molecule has 0 saturated heterocycles. The van der Waals surface area contributed by atoms with E-state index < -0.39 is 0 Å². The second kappa shape index (κ2) is 17.3. The number of carbonyl (C=O) groups excluding carboxylic acids is 2. The minimum atomic E-state index is 0.160. The molecule has 0 atom stereocenters. The summed E-state index contributed by atoms with van der Waals surface area (Å²) >= 11 is 0. The molecular formula is C24H40N2O2. The fourth-order valence-corrected chi connectivity index (χ4v) is 3.35. The highest BCUT2D eigenvalue weighted by Gasteiger charge is 2.01. The van der Waals surface area contributed by atoms with Crippen molar-refractivity contribution in [1.29, 1.82) is 0 Å². The predicted molar refractivity (Wildman–Crippen MR) is 117 cm³/mol. The summed E-state index contributed by atoms with van der Waals surface area (Å²) in [5.74, 6) is 0.326. The first-order valence-electron chi connectivity index (χ1n) is 11.2. The summed E-state index contributed by atoms with van der Waals surface area (Å²) < 4.78 is 0. The van der Waals surface area contributed by atoms with Crippen molar-refractivity contribution in [3.8, 4) is 0 Å². The van der Waals surface area contributed by atoms with Crippen LogP contribution in [0.3, 0.4) is 0 Å². The van der Waals surface area contributed by atoms with E-state index in [2.05, 4.69) is 10.6 Å². The molecule has 0 aliphatic carbocycles. The van der Waals surface area contributed by atoms with Gasteiger partial charge in [0.05, 0.1) is 0 Å². The zero-order valence-electron chi connectivity index (χ0n) is 17.8. The molecule has 0 radical (unpaired) electrons. The molecule has 0 spiro atoms. The molecule has 1 rings (SSSR count). The minimum absolute atomic E-state index is 0.160. The normalized spacial score (nSPS) is 10.6. The van der Waals surface area contributed by atoms with E-state index >= 15 is 0 Å². The van der Waals surface area contributed by atoms with Crippen molar-refractivity contribution < 1.29 is 9.59 Å². The van der Waals surface area contributed by atoms with Gasteiger partial charge >= 0.3 is 0 Å². The Morgan fingerprint density at radius 2 is 1.07 bits per heavy atom. The van der Waals surface area contributed by atoms with Gasteiger partial charge in [0.2, 0.25) is 11.8 Å². The number of carbonyl (C=O) groups is 2. The Kier molecular flexibility index (Phi) is 14.9. The van der Waals surface area contributed by atoms with Gasteiger partial charge in [0, 0.05) is 26.4 Å². The molecule has 1 aromatic rings. The Balaban J connectivity index is 1.78. The second-order valence-corrected chi connectivity index (χ2v) is 7.68. The fourth-order valence-electron chi connectivity index (χ4n) is 3.35. The van der Waals surface area contributed by atoms with Crippen LogP contribution in [0.2, 0.25) is 0 Å². The van der Waals surface area contributed by atoms with Crippen molar-refractivity contribution in [2.75, 3.05) is 7.05 Å². The second-order valence-electron chi connectivity index (χ2n) is 7.68. The maximum atomic E-state index is 11.8. The highest BCUT2D eigenvalue weighted by Crippen LogP contribution is 2.13. The number of hydrogen-bond acceptors (Lipinski definition) is 2. The maximum Gasteiger partial charge on any atom is 0.220 e. The van der Waals surface area contributed by atoms with Gasteiger partial charge < -0.3 is 10.6 Å². The van der Waals surface area contributed by atoms with Gasteiger partial charge in [-0.15, -0.1) is 0 Å². The van der Waals surface area contributed by atoms with E-state index in [1.54, 1.807) is 7.05 Å². The first kappa shape index (κ1) is 24.2. The Bertz CT molecular complexity index is 517. The number of rotatable bonds is 17. The molecule has 2 N–H and O–H groups in total. The van der Waals surface area contributed by atoms with Gasteiger partial charge in [-0.2, -0.15) is 0 Å². The zero-order valence-corrected chi connectivity index (χ0v) is 17.8. The molecule has 28 heavy (non-hydrogen) atoms. The van der Waals surface area contributed by atoms with Crippen molar-refractivity contribution >= 4 is 11.8 Å². The third-order valence-corrected chi connectivity index (χ3v) is 5.17. The van der Waals surface area contributed by atoms with Crippen molar-refractivity contribution in [1.82, 2.24) is 10.6 Å². The lowest BCUT2D eigenvalue weighted by atomic mass is 10.0. The highest BCUT2D eigenvalue weighted by atomic mass is 16.2. The van der Waals surface area contributed by atoms with Gasteiger partial charge in [0.15, 0.2) is 0 Å². The minimum Gasteiger partial charge on any atom is -0.359 e. The third kappa shape index (κ3) is 14.2. The Labute approximate surface area is 171 Å². The lowest BCUT2D eigenvalue weighted by Crippen LogP contribution is -2.22. The van der Waals surface area contributed by atoms with E-state index in [-0.39, 0.29) is 11.8 Å². The molecule has 0 aliphatic heterocycles. The van der Waals surface area contributed by atoms with Crippen LogP contribution in [-0.4, -0.2) is 18.9 Å². The molecule has 0 fully saturated rings. The van der Waals surface area contributed by atoms with Crippen LogP contribution in [0.25, 0.3) is 0 Å². The largest absolute Gasteiger partial charge is 0.359 e. The van der Waals surface area contributed by atoms with Crippen molar-refractivity contribution in [3.05, 3.63) is 35.9 Å². The van der Waals surface area contributed by atoms with E-state index in [1.807, 2.05) is 30.3 Å². The maximum absolute atomic E-state index is 11.8. The Hall–Kier alpha value is -1.84. The van der Waals surface area contributed by atoms with Crippen LogP contribution in [0.4, 0.5) is 0 Å². The van der Waals surface area contributed by atoms with Gasteiger partial charge in [0.1, 0.15) is 0 Å². The van der Waals surface area contributed by atoms with E-state index in [9.17, 15) is 9.59 Å². The van der Waals surface area contributed by atoms with Gasteiger partial charge in [0.25, 0.3) is 0 Å². The first-order chi connectivity index (χ1) is 13.7. The average molecular weight is 389 g/mol. The zero-order chi connectivity index (χ0) is 20.3. The summed E-state index contributed by atoms with van der Waals surface area (Å²) in [5, 5.41) is 5.66. The van der Waals surface area contributed by atoms with Crippen LogP contribution < -0.4 is 10.6 Å². The summed E-state index contributed by atoms with van der Waals surface area (Å²) in [6.07, 6.45) is 16.0. The lowest BCUT2D eigenvalue weighted by molar-refractivity contribution is -0.121. The average Bonchev–Trinajstić information content (AvgIpc) is 2.73. The molecule has 0 aromatic heterocycles. The van der Waals surface area contributed by atoms with Crippen LogP contribution in [0, 0.1) is 0 Å². The van der Waals surface area contributed by atoms with E-state index in [0.29, 0.717) is 19.4 Å². The van der Waals surface area contributed by atoms with Crippen molar-refractivity contribution in [2.45, 2.75) is 96.4 Å². The molecule has 1 aromatic carbocycles. The predicted octanol–water partition coefficient (Wildman–Crippen LogP) is 5.51. The molecule has 4 heteroatoms. The third-order valence-electron chi connectivity index (χ3n) is 5.17. The first-order valence-corrected chi connectivity index (χ1v) is 11.2. The molecule has 2 amide bonds. The molecule has 0 saturated carbocycles. The Morgan fingerprint density at radius 3 is 1.54 bits per heavy atom. The highest BCUT2D eigenvalue weighted by molar-refractivity contribution is 5.75. The van der Waals surface area contributed by atoms with E-state index in [0.717, 1.165) is 24.8 Å². The summed E-state index contributed by atoms with van der Waals surface area (Å²) in [6, 6.07) is 10.1. The fraction of sp³-hybridized carbons (Fsp3) is 0.667. The van der Waals surface area contributed by atoms with Gasteiger partial charge in [-0.3, -0.25) is 9.59 Å². The van der Waals surface area contributed by atoms with E-state index in [4.69, 9.17) is 0 Å². The van der Waals surface area contributed by atoms with Gasteiger partial charge in [-0.1, -0.05) is 94.5 Å². The monoisotopic (exact) mass is 388 g/mol. The van der Waals surface area contributed by atoms with E-state index in [1.165, 1.54) is 57.8 Å². The summed E-state index contributed by atoms with van der Waals surface area (Å²) in [6.45, 7) is 0.633. The van der Waals surface area contributed by atoms with Crippen LogP contribution in [0.5, 0.6) is 0 Å². The number of nitrogens with one attached hydrogen (secondary N) is 2. The van der Waals surface area contributed by atoms with Crippen LogP contribution in [0.1, 0.15) is 95.5 Å². The quantitative estimate of drug-likeness (QED) is 0.346. The standard InChI is InChI=1S/C24H40N2O2/c1-25-23(27)19-15-10-8-6-4-2-3-5-7-9-11-16-20-24(28)26-21-22-17-13-12-14-18-22/h12-14,17-18H,2-11,15-16,19-21H2,1H3,(H,25,27)(H,26,28). The molecule has 0 aliphatic rings. The smallest absolute Gasteiger partial charge is 0.220 e. The number of unbranched alkanes of at least 4 members (excludes halogenated alkanes) is 11. The molecule has 158 valence electrons. The van der Waals surface area contributed by atoms with Crippen LogP contribution >= 0.6 is 0 Å². The topological polar surface area (TPSA) is 58.2 Å². The van der Waals surface area contributed by atoms with Crippen molar-refractivity contribution in [2.24, 2.45) is 0 Å². The summed E-state index contributed by atoms with van der Waals surface area (Å²) in [4.78, 5) is 22.9. The number of benzene rings is 1. The lowest BCUT2D eigenvalue weighted by Gasteiger charge is -2.05. The van der Waals surface area contributed by atoms with Crippen LogP contribution in [0.15, 0.2) is 30.3 Å². The summed E-state index contributed by atoms with van der Waals surface area (Å²) in [5.41, 5.74) is 1.15. The number of amides is 2. The molecule has 0 bridgehead atoms. The SMILES string of the molecule is CNC(=O)CCCCCCCCCCCCCCC(=O)NCc1ccccc1. The molecule has 0 unspecified atom stereocenters. The van der Waals surface area contributed by atoms with Crippen molar-refractivity contribution in [3.63, 3.8) is 0 Å². The molecule has 0 heterocycles. The summed E-state index contributed by atoms with van der Waals surface area (Å²) in [7, 11) is 1.70. The molecular weight excluding hydrogens is 348 g/mol.